The maximum Gasteiger partial charge on any atom is 0.416 e. The lowest BCUT2D eigenvalue weighted by atomic mass is 10.2. The summed E-state index contributed by atoms with van der Waals surface area (Å²) in [5.74, 6) is 0.0961. The number of aromatic nitrogens is 3. The first-order valence-corrected chi connectivity index (χ1v) is 8.71. The van der Waals surface area contributed by atoms with Gasteiger partial charge in [-0.15, -0.1) is 10.2 Å². The molecule has 2 amide bonds. The average Bonchev–Trinajstić information content (AvgIpc) is 3.08. The number of benzene rings is 1. The molecule has 146 valence electrons. The van der Waals surface area contributed by atoms with Crippen LogP contribution in [0.3, 0.4) is 0 Å². The zero-order valence-corrected chi connectivity index (χ0v) is 15.3. The molecule has 0 atom stereocenters. The van der Waals surface area contributed by atoms with Crippen molar-refractivity contribution in [1.29, 1.82) is 0 Å². The fraction of sp³-hybridized carbons (Fsp3) is 0.176. The Bertz CT molecular complexity index is 963. The van der Waals surface area contributed by atoms with Gasteiger partial charge in [-0.3, -0.25) is 10.3 Å². The number of pyridine rings is 1. The van der Waals surface area contributed by atoms with Gasteiger partial charge in [0, 0.05) is 18.8 Å². The van der Waals surface area contributed by atoms with Crippen LogP contribution in [0.4, 0.5) is 28.8 Å². The van der Waals surface area contributed by atoms with Crippen molar-refractivity contribution in [3.05, 3.63) is 58.9 Å². The van der Waals surface area contributed by atoms with Crippen LogP contribution in [0.1, 0.15) is 16.1 Å². The molecule has 0 saturated heterocycles. The molecule has 0 aliphatic rings. The Hall–Kier alpha value is -3.21. The Morgan fingerprint density at radius 1 is 1.14 bits per heavy atom. The Balaban J connectivity index is 1.67. The van der Waals surface area contributed by atoms with Gasteiger partial charge in [0.05, 0.1) is 18.4 Å². The molecule has 0 saturated carbocycles. The van der Waals surface area contributed by atoms with Crippen LogP contribution in [0.5, 0.6) is 5.75 Å². The summed E-state index contributed by atoms with van der Waals surface area (Å²) < 4.78 is 43.6. The molecule has 28 heavy (non-hydrogen) atoms. The van der Waals surface area contributed by atoms with Crippen LogP contribution in [-0.2, 0) is 12.6 Å². The lowest BCUT2D eigenvalue weighted by Crippen LogP contribution is -2.20. The van der Waals surface area contributed by atoms with Gasteiger partial charge in [0.1, 0.15) is 10.8 Å². The third-order valence-corrected chi connectivity index (χ3v) is 4.41. The number of alkyl halides is 3. The third-order valence-electron chi connectivity index (χ3n) is 3.57. The molecule has 0 bridgehead atoms. The molecule has 2 heterocycles. The van der Waals surface area contributed by atoms with Gasteiger partial charge in [0.15, 0.2) is 0 Å². The number of ether oxygens (including phenoxy) is 1. The molecule has 2 N–H and O–H groups in total. The van der Waals surface area contributed by atoms with E-state index in [1.54, 1.807) is 12.4 Å². The van der Waals surface area contributed by atoms with Gasteiger partial charge in [0.2, 0.25) is 5.13 Å². The topological polar surface area (TPSA) is 89.0 Å². The minimum atomic E-state index is -4.54. The first-order chi connectivity index (χ1) is 13.3. The second-order valence-corrected chi connectivity index (χ2v) is 6.59. The number of hydrogen-bond donors (Lipinski definition) is 2. The lowest BCUT2D eigenvalue weighted by molar-refractivity contribution is -0.137. The highest BCUT2D eigenvalue weighted by molar-refractivity contribution is 7.15. The van der Waals surface area contributed by atoms with Crippen LogP contribution in [0.25, 0.3) is 0 Å². The predicted molar refractivity (Wildman–Crippen MR) is 97.6 cm³/mol. The molecule has 0 spiro atoms. The molecule has 0 fully saturated rings. The summed E-state index contributed by atoms with van der Waals surface area (Å²) in [6.07, 6.45) is -0.706. The van der Waals surface area contributed by atoms with Crippen LogP contribution in [-0.4, -0.2) is 28.3 Å². The molecule has 3 rings (SSSR count). The number of nitrogens with one attached hydrogen (secondary N) is 2. The molecule has 0 radical (unpaired) electrons. The fourth-order valence-corrected chi connectivity index (χ4v) is 3.05. The number of halogens is 3. The van der Waals surface area contributed by atoms with Gasteiger partial charge in [-0.25, -0.2) is 4.79 Å². The van der Waals surface area contributed by atoms with Crippen molar-refractivity contribution in [3.8, 4) is 5.75 Å². The number of nitrogens with zero attached hydrogens (tertiary/aromatic N) is 3. The summed E-state index contributed by atoms with van der Waals surface area (Å²) in [6.45, 7) is 0. The maximum absolute atomic E-state index is 12.9. The van der Waals surface area contributed by atoms with E-state index in [2.05, 4.69) is 25.8 Å². The largest absolute Gasteiger partial charge is 0.495 e. The Morgan fingerprint density at radius 2 is 1.89 bits per heavy atom. The normalized spacial score (nSPS) is 11.1. The third kappa shape index (κ3) is 4.94. The minimum absolute atomic E-state index is 0.0961. The standard InChI is InChI=1S/C17H14F3N5O2S/c1-27-13-3-2-11(17(18,19)20)9-12(13)22-15(26)23-16-25-24-14(28-16)8-10-4-6-21-7-5-10/h2-7,9H,8H2,1H3,(H2,22,23,25,26). The summed E-state index contributed by atoms with van der Waals surface area (Å²) in [5, 5.41) is 13.5. The van der Waals surface area contributed by atoms with Crippen LogP contribution < -0.4 is 15.4 Å². The highest BCUT2D eigenvalue weighted by Gasteiger charge is 2.31. The number of urea groups is 1. The zero-order valence-electron chi connectivity index (χ0n) is 14.4. The van der Waals surface area contributed by atoms with E-state index >= 15 is 0 Å². The number of carbonyl (C=O) groups excluding carboxylic acids is 1. The van der Waals surface area contributed by atoms with E-state index in [4.69, 9.17) is 4.74 Å². The predicted octanol–water partition coefficient (Wildman–Crippen LogP) is 4.20. The summed E-state index contributed by atoms with van der Waals surface area (Å²) in [6, 6.07) is 5.72. The van der Waals surface area contributed by atoms with Crippen molar-refractivity contribution in [2.24, 2.45) is 0 Å². The first kappa shape index (κ1) is 19.5. The van der Waals surface area contributed by atoms with Crippen molar-refractivity contribution >= 4 is 28.2 Å². The van der Waals surface area contributed by atoms with Crippen LogP contribution in [0.2, 0.25) is 0 Å². The lowest BCUT2D eigenvalue weighted by Gasteiger charge is -2.13. The number of rotatable bonds is 5. The molecule has 0 unspecified atom stereocenters. The number of anilines is 2. The summed E-state index contributed by atoms with van der Waals surface area (Å²) in [7, 11) is 1.29. The van der Waals surface area contributed by atoms with Crippen molar-refractivity contribution in [2.75, 3.05) is 17.7 Å². The fourth-order valence-electron chi connectivity index (χ4n) is 2.28. The van der Waals surface area contributed by atoms with Gasteiger partial charge in [-0.2, -0.15) is 13.2 Å². The number of methoxy groups -OCH3 is 1. The Labute approximate surface area is 161 Å². The highest BCUT2D eigenvalue weighted by Crippen LogP contribution is 2.35. The van der Waals surface area contributed by atoms with Crippen molar-refractivity contribution < 1.29 is 22.7 Å². The average molecular weight is 409 g/mol. The van der Waals surface area contributed by atoms with E-state index in [1.807, 2.05) is 12.1 Å². The molecule has 0 aliphatic carbocycles. The van der Waals surface area contributed by atoms with Gasteiger partial charge in [-0.05, 0) is 35.9 Å². The minimum Gasteiger partial charge on any atom is -0.495 e. The van der Waals surface area contributed by atoms with Gasteiger partial charge in [0.25, 0.3) is 0 Å². The van der Waals surface area contributed by atoms with E-state index in [1.165, 1.54) is 7.11 Å². The Morgan fingerprint density at radius 3 is 2.57 bits per heavy atom. The van der Waals surface area contributed by atoms with Gasteiger partial charge < -0.3 is 10.1 Å². The molecule has 11 heteroatoms. The number of carbonyl (C=O) groups is 1. The smallest absolute Gasteiger partial charge is 0.416 e. The van der Waals surface area contributed by atoms with Crippen molar-refractivity contribution in [2.45, 2.75) is 12.6 Å². The second-order valence-electron chi connectivity index (χ2n) is 5.53. The van der Waals surface area contributed by atoms with E-state index < -0.39 is 17.8 Å². The zero-order chi connectivity index (χ0) is 20.1. The van der Waals surface area contributed by atoms with Crippen LogP contribution in [0, 0.1) is 0 Å². The monoisotopic (exact) mass is 409 g/mol. The van der Waals surface area contributed by atoms with Crippen LogP contribution >= 0.6 is 11.3 Å². The molecule has 0 aliphatic heterocycles. The first-order valence-electron chi connectivity index (χ1n) is 7.89. The quantitative estimate of drug-likeness (QED) is 0.660. The Kier molecular flexibility index (Phi) is 5.73. The molecule has 3 aromatic rings. The van der Waals surface area contributed by atoms with E-state index in [9.17, 15) is 18.0 Å². The maximum atomic E-state index is 12.9. The van der Waals surface area contributed by atoms with E-state index in [0.29, 0.717) is 11.4 Å². The summed E-state index contributed by atoms with van der Waals surface area (Å²) in [4.78, 5) is 16.1. The van der Waals surface area contributed by atoms with E-state index in [-0.39, 0.29) is 16.6 Å². The number of amides is 2. The molecule has 7 nitrogen and oxygen atoms in total. The summed E-state index contributed by atoms with van der Waals surface area (Å²) >= 11 is 1.16. The molecule has 1 aromatic carbocycles. The van der Waals surface area contributed by atoms with Gasteiger partial charge in [-0.1, -0.05) is 11.3 Å². The van der Waals surface area contributed by atoms with Crippen molar-refractivity contribution in [3.63, 3.8) is 0 Å². The van der Waals surface area contributed by atoms with Gasteiger partial charge >= 0.3 is 12.2 Å². The SMILES string of the molecule is COc1ccc(C(F)(F)F)cc1NC(=O)Nc1nnc(Cc2ccncc2)s1. The van der Waals surface area contributed by atoms with E-state index in [0.717, 1.165) is 35.1 Å². The number of hydrogen-bond acceptors (Lipinski definition) is 6. The van der Waals surface area contributed by atoms with Crippen LogP contribution in [0.15, 0.2) is 42.7 Å². The van der Waals surface area contributed by atoms with Crippen molar-refractivity contribution in [1.82, 2.24) is 15.2 Å². The molecular weight excluding hydrogens is 395 g/mol. The highest BCUT2D eigenvalue weighted by atomic mass is 32.1. The summed E-state index contributed by atoms with van der Waals surface area (Å²) in [5.41, 5.74) is -0.0358. The molecular formula is C17H14F3N5O2S. The molecule has 2 aromatic heterocycles. The second kappa shape index (κ2) is 8.21.